The third-order valence-corrected chi connectivity index (χ3v) is 5.93. The molecule has 2 aliphatic rings. The van der Waals surface area contributed by atoms with E-state index in [2.05, 4.69) is 13.5 Å². The maximum Gasteiger partial charge on any atom is 0.184 e. The van der Waals surface area contributed by atoms with E-state index in [0.717, 1.165) is 11.3 Å². The molecule has 1 aromatic carbocycles. The zero-order valence-electron chi connectivity index (χ0n) is 16.2. The van der Waals surface area contributed by atoms with Crippen LogP contribution in [0, 0.1) is 11.8 Å². The quantitative estimate of drug-likeness (QED) is 0.677. The molecule has 144 valence electrons. The van der Waals surface area contributed by atoms with Crippen molar-refractivity contribution in [3.8, 4) is 5.75 Å². The number of rotatable bonds is 6. The smallest absolute Gasteiger partial charge is 0.184 e. The van der Waals surface area contributed by atoms with Gasteiger partial charge in [0.1, 0.15) is 11.9 Å². The van der Waals surface area contributed by atoms with E-state index in [1.54, 1.807) is 14.2 Å². The summed E-state index contributed by atoms with van der Waals surface area (Å²) in [5.41, 5.74) is 1.02. The average Bonchev–Trinajstić information content (AvgIpc) is 2.71. The lowest BCUT2D eigenvalue weighted by atomic mass is 9.77. The van der Waals surface area contributed by atoms with Crippen LogP contribution >= 0.6 is 0 Å². The van der Waals surface area contributed by atoms with Gasteiger partial charge < -0.3 is 18.9 Å². The Balaban J connectivity index is 1.85. The molecule has 1 saturated heterocycles. The molecule has 0 spiro atoms. The van der Waals surface area contributed by atoms with E-state index in [1.807, 2.05) is 30.3 Å². The highest BCUT2D eigenvalue weighted by atomic mass is 16.7. The fourth-order valence-electron chi connectivity index (χ4n) is 4.41. The van der Waals surface area contributed by atoms with Gasteiger partial charge in [-0.15, -0.1) is 6.58 Å². The molecule has 1 aliphatic carbocycles. The summed E-state index contributed by atoms with van der Waals surface area (Å²) in [7, 11) is 3.39. The number of hydrogen-bond acceptors (Lipinski definition) is 4. The highest BCUT2D eigenvalue weighted by Gasteiger charge is 2.44. The van der Waals surface area contributed by atoms with Crippen LogP contribution in [0.5, 0.6) is 5.75 Å². The molecule has 0 amide bonds. The van der Waals surface area contributed by atoms with Crippen LogP contribution in [0.15, 0.2) is 36.9 Å². The Morgan fingerprint density at radius 1 is 1.08 bits per heavy atom. The average molecular weight is 360 g/mol. The minimum atomic E-state index is -0.383. The van der Waals surface area contributed by atoms with Gasteiger partial charge in [-0.2, -0.15) is 0 Å². The normalized spacial score (nSPS) is 31.3. The van der Waals surface area contributed by atoms with Crippen molar-refractivity contribution in [2.24, 2.45) is 11.8 Å². The molecule has 0 aromatic heterocycles. The number of benzene rings is 1. The van der Waals surface area contributed by atoms with Crippen molar-refractivity contribution < 1.29 is 18.9 Å². The predicted molar refractivity (Wildman–Crippen MR) is 102 cm³/mol. The SMILES string of the molecule is C=C[C@@H](OC)[C@H]1O[C@H](c2ccc(OC)cc2)O[C@H](C2CCCCC2)[C@@H]1C. The molecule has 26 heavy (non-hydrogen) atoms. The van der Waals surface area contributed by atoms with Gasteiger partial charge in [0.25, 0.3) is 0 Å². The maximum absolute atomic E-state index is 6.51. The van der Waals surface area contributed by atoms with Gasteiger partial charge in [0.05, 0.1) is 19.3 Å². The first-order chi connectivity index (χ1) is 12.7. The van der Waals surface area contributed by atoms with Crippen LogP contribution in [-0.2, 0) is 14.2 Å². The topological polar surface area (TPSA) is 36.9 Å². The van der Waals surface area contributed by atoms with Crippen LogP contribution in [0.4, 0.5) is 0 Å². The standard InChI is InChI=1S/C22H32O4/c1-5-19(24-4)21-15(2)20(16-9-7-6-8-10-16)25-22(26-21)17-11-13-18(23-3)14-12-17/h5,11-16,19-22H,1,6-10H2,2-4H3/t15-,19+,20-,21-,22+/m0/s1. The first-order valence-corrected chi connectivity index (χ1v) is 9.78. The Morgan fingerprint density at radius 2 is 1.77 bits per heavy atom. The van der Waals surface area contributed by atoms with Gasteiger partial charge in [-0.05, 0) is 30.9 Å². The summed E-state index contributed by atoms with van der Waals surface area (Å²) >= 11 is 0. The molecule has 5 atom stereocenters. The molecule has 0 bridgehead atoms. The third-order valence-electron chi connectivity index (χ3n) is 5.93. The molecule has 1 aliphatic heterocycles. The highest BCUT2D eigenvalue weighted by molar-refractivity contribution is 5.28. The summed E-state index contributed by atoms with van der Waals surface area (Å²) in [6.45, 7) is 6.16. The van der Waals surface area contributed by atoms with E-state index in [1.165, 1.54) is 32.1 Å². The maximum atomic E-state index is 6.51. The van der Waals surface area contributed by atoms with E-state index in [0.29, 0.717) is 5.92 Å². The molecular weight excluding hydrogens is 328 g/mol. The van der Waals surface area contributed by atoms with Gasteiger partial charge in [-0.1, -0.05) is 44.4 Å². The summed E-state index contributed by atoms with van der Waals surface area (Å²) in [4.78, 5) is 0. The Labute approximate surface area is 157 Å². The van der Waals surface area contributed by atoms with Gasteiger partial charge in [0.15, 0.2) is 6.29 Å². The highest BCUT2D eigenvalue weighted by Crippen LogP contribution is 2.42. The van der Waals surface area contributed by atoms with Gasteiger partial charge in [-0.3, -0.25) is 0 Å². The molecule has 3 rings (SSSR count). The molecule has 0 N–H and O–H groups in total. The summed E-state index contributed by atoms with van der Waals surface area (Å²) in [5.74, 6) is 1.68. The molecular formula is C22H32O4. The van der Waals surface area contributed by atoms with Crippen LogP contribution in [0.3, 0.4) is 0 Å². The van der Waals surface area contributed by atoms with Gasteiger partial charge >= 0.3 is 0 Å². The van der Waals surface area contributed by atoms with Gasteiger partial charge in [0.2, 0.25) is 0 Å². The van der Waals surface area contributed by atoms with E-state index in [4.69, 9.17) is 18.9 Å². The number of hydrogen-bond donors (Lipinski definition) is 0. The molecule has 0 radical (unpaired) electrons. The minimum absolute atomic E-state index is 0.0646. The molecule has 1 saturated carbocycles. The Kier molecular flexibility index (Phi) is 6.74. The second kappa shape index (κ2) is 9.03. The van der Waals surface area contributed by atoms with Crippen LogP contribution in [0.1, 0.15) is 50.9 Å². The summed E-state index contributed by atoms with van der Waals surface area (Å²) in [6, 6.07) is 7.94. The van der Waals surface area contributed by atoms with Crippen molar-refractivity contribution >= 4 is 0 Å². The Morgan fingerprint density at radius 3 is 2.35 bits per heavy atom. The second-order valence-electron chi connectivity index (χ2n) is 7.50. The van der Waals surface area contributed by atoms with E-state index in [9.17, 15) is 0 Å². The first kappa shape index (κ1) is 19.4. The van der Waals surface area contributed by atoms with E-state index in [-0.39, 0.29) is 30.5 Å². The molecule has 1 aromatic rings. The van der Waals surface area contributed by atoms with Crippen molar-refractivity contribution in [1.29, 1.82) is 0 Å². The summed E-state index contributed by atoms with van der Waals surface area (Å²) in [5, 5.41) is 0. The first-order valence-electron chi connectivity index (χ1n) is 9.78. The molecule has 0 unspecified atom stereocenters. The number of methoxy groups -OCH3 is 2. The summed E-state index contributed by atoms with van der Waals surface area (Å²) < 4.78 is 23.8. The zero-order valence-corrected chi connectivity index (χ0v) is 16.2. The largest absolute Gasteiger partial charge is 0.497 e. The van der Waals surface area contributed by atoms with Crippen molar-refractivity contribution in [1.82, 2.24) is 0 Å². The fraction of sp³-hybridized carbons (Fsp3) is 0.636. The summed E-state index contributed by atoms with van der Waals surface area (Å²) in [6.07, 6.45) is 7.85. The van der Waals surface area contributed by atoms with Crippen molar-refractivity contribution in [3.63, 3.8) is 0 Å². The molecule has 4 heteroatoms. The predicted octanol–water partition coefficient (Wildman–Crippen LogP) is 4.90. The van der Waals surface area contributed by atoms with Crippen LogP contribution in [0.2, 0.25) is 0 Å². The lowest BCUT2D eigenvalue weighted by molar-refractivity contribution is -0.296. The number of ether oxygens (including phenoxy) is 4. The minimum Gasteiger partial charge on any atom is -0.497 e. The fourth-order valence-corrected chi connectivity index (χ4v) is 4.41. The Bertz CT molecular complexity index is 564. The monoisotopic (exact) mass is 360 g/mol. The van der Waals surface area contributed by atoms with Crippen molar-refractivity contribution in [3.05, 3.63) is 42.5 Å². The van der Waals surface area contributed by atoms with Crippen LogP contribution < -0.4 is 4.74 Å². The Hall–Kier alpha value is -1.36. The van der Waals surface area contributed by atoms with E-state index >= 15 is 0 Å². The van der Waals surface area contributed by atoms with Crippen LogP contribution in [-0.4, -0.2) is 32.5 Å². The van der Waals surface area contributed by atoms with Gasteiger partial charge in [0, 0.05) is 18.6 Å². The van der Waals surface area contributed by atoms with E-state index < -0.39 is 0 Å². The van der Waals surface area contributed by atoms with Crippen LogP contribution in [0.25, 0.3) is 0 Å². The zero-order chi connectivity index (χ0) is 18.5. The lowest BCUT2D eigenvalue weighted by Gasteiger charge is -2.46. The van der Waals surface area contributed by atoms with Crippen molar-refractivity contribution in [2.75, 3.05) is 14.2 Å². The molecule has 2 fully saturated rings. The second-order valence-corrected chi connectivity index (χ2v) is 7.50. The van der Waals surface area contributed by atoms with Gasteiger partial charge in [-0.25, -0.2) is 0 Å². The molecule has 1 heterocycles. The molecule has 4 nitrogen and oxygen atoms in total. The lowest BCUT2D eigenvalue weighted by Crippen LogP contribution is -2.50. The third kappa shape index (κ3) is 4.13. The van der Waals surface area contributed by atoms with Crippen molar-refractivity contribution in [2.45, 2.75) is 63.6 Å².